The lowest BCUT2D eigenvalue weighted by molar-refractivity contribution is -0.143. The highest BCUT2D eigenvalue weighted by Gasteiger charge is 2.37. The summed E-state index contributed by atoms with van der Waals surface area (Å²) in [6.45, 7) is 1.60. The van der Waals surface area contributed by atoms with E-state index in [4.69, 9.17) is 0 Å². The number of urea groups is 1. The maximum atomic E-state index is 13.0. The van der Waals surface area contributed by atoms with Gasteiger partial charge in [0.25, 0.3) is 0 Å². The minimum absolute atomic E-state index is 0.00299. The van der Waals surface area contributed by atoms with Crippen LogP contribution in [0.4, 0.5) is 36.8 Å². The Morgan fingerprint density at radius 2 is 1.50 bits per heavy atom. The van der Waals surface area contributed by atoms with Gasteiger partial charge in [-0.3, -0.25) is 4.79 Å². The lowest BCUT2D eigenvalue weighted by Crippen LogP contribution is -2.53. The molecule has 0 radical (unpaired) electrons. The predicted molar refractivity (Wildman–Crippen MR) is 104 cm³/mol. The molecule has 1 atom stereocenters. The number of amides is 3. The van der Waals surface area contributed by atoms with Crippen molar-refractivity contribution in [3.63, 3.8) is 0 Å². The maximum Gasteiger partial charge on any atom is 0.416 e. The molecule has 0 bridgehead atoms. The largest absolute Gasteiger partial charge is 0.416 e. The average Bonchev–Trinajstić information content (AvgIpc) is 2.73. The molecule has 2 aliphatic heterocycles. The second-order valence-corrected chi connectivity index (χ2v) is 8.00. The summed E-state index contributed by atoms with van der Waals surface area (Å²) >= 11 is 0. The van der Waals surface area contributed by atoms with Crippen LogP contribution in [-0.4, -0.2) is 48.6 Å². The summed E-state index contributed by atoms with van der Waals surface area (Å²) in [4.78, 5) is 26.4. The smallest absolute Gasteiger partial charge is 0.341 e. The van der Waals surface area contributed by atoms with Crippen molar-refractivity contribution in [3.05, 3.63) is 29.3 Å². The molecule has 2 fully saturated rings. The third-order valence-corrected chi connectivity index (χ3v) is 5.60. The fraction of sp³-hybridized carbons (Fsp3) is 0.600. The van der Waals surface area contributed by atoms with Crippen molar-refractivity contribution in [1.82, 2.24) is 15.5 Å². The van der Waals surface area contributed by atoms with E-state index < -0.39 is 35.2 Å². The normalized spacial score (nSPS) is 20.7. The molecule has 3 rings (SSSR count). The molecule has 12 heteroatoms. The zero-order valence-corrected chi connectivity index (χ0v) is 17.1. The minimum Gasteiger partial charge on any atom is -0.341 e. The molecular formula is C20H24F6N4O2. The summed E-state index contributed by atoms with van der Waals surface area (Å²) in [7, 11) is 0. The summed E-state index contributed by atoms with van der Waals surface area (Å²) in [6, 6.07) is -0.569. The molecule has 1 aromatic rings. The van der Waals surface area contributed by atoms with Crippen LogP contribution in [0.25, 0.3) is 0 Å². The number of piperidine rings is 2. The molecule has 0 unspecified atom stereocenters. The number of anilines is 1. The molecule has 1 aromatic carbocycles. The molecule has 32 heavy (non-hydrogen) atoms. The topological polar surface area (TPSA) is 73.5 Å². The highest BCUT2D eigenvalue weighted by Crippen LogP contribution is 2.37. The average molecular weight is 466 g/mol. The number of carbonyl (C=O) groups is 2. The Labute approximate surface area is 180 Å². The van der Waals surface area contributed by atoms with Crippen molar-refractivity contribution < 1.29 is 35.9 Å². The zero-order chi connectivity index (χ0) is 23.5. The van der Waals surface area contributed by atoms with Crippen molar-refractivity contribution in [2.24, 2.45) is 0 Å². The summed E-state index contributed by atoms with van der Waals surface area (Å²) < 4.78 is 77.7. The highest BCUT2D eigenvalue weighted by atomic mass is 19.4. The van der Waals surface area contributed by atoms with Crippen LogP contribution in [-0.2, 0) is 17.1 Å². The minimum atomic E-state index is -5.00. The van der Waals surface area contributed by atoms with Gasteiger partial charge >= 0.3 is 18.4 Å². The van der Waals surface area contributed by atoms with Crippen LogP contribution >= 0.6 is 0 Å². The number of nitrogens with zero attached hydrogens (tertiary/aromatic N) is 1. The Morgan fingerprint density at radius 1 is 0.906 bits per heavy atom. The quantitative estimate of drug-likeness (QED) is 0.591. The van der Waals surface area contributed by atoms with Gasteiger partial charge in [-0.05, 0) is 50.4 Å². The standard InChI is InChI=1S/C20H24F6N4O2/c21-19(22,23)12-9-13(20(24,25)26)11-15(10-12)29-18(32)28-14-4-7-30(8-5-14)17(31)16-3-1-2-6-27-16/h9-11,14,16,27H,1-8H2,(H2,28,29,32)/t16-/m1/s1. The predicted octanol–water partition coefficient (Wildman–Crippen LogP) is 3.98. The number of alkyl halides is 6. The lowest BCUT2D eigenvalue weighted by atomic mass is 10.0. The molecular weight excluding hydrogens is 442 g/mol. The van der Waals surface area contributed by atoms with E-state index in [1.807, 2.05) is 0 Å². The summed E-state index contributed by atoms with van der Waals surface area (Å²) in [5.74, 6) is 0.0104. The Morgan fingerprint density at radius 3 is 2.00 bits per heavy atom. The van der Waals surface area contributed by atoms with E-state index in [0.29, 0.717) is 38.1 Å². The number of nitrogens with one attached hydrogen (secondary N) is 3. The van der Waals surface area contributed by atoms with Gasteiger partial charge in [0, 0.05) is 24.8 Å². The molecule has 2 aliphatic rings. The summed E-state index contributed by atoms with van der Waals surface area (Å²) in [5, 5.41) is 7.80. The monoisotopic (exact) mass is 466 g/mol. The number of rotatable bonds is 3. The van der Waals surface area contributed by atoms with Gasteiger partial charge in [-0.25, -0.2) is 4.79 Å². The van der Waals surface area contributed by atoms with E-state index in [9.17, 15) is 35.9 Å². The highest BCUT2D eigenvalue weighted by molar-refractivity contribution is 5.89. The van der Waals surface area contributed by atoms with Crippen molar-refractivity contribution in [3.8, 4) is 0 Å². The second kappa shape index (κ2) is 9.55. The molecule has 0 aliphatic carbocycles. The van der Waals surface area contributed by atoms with Crippen LogP contribution in [0, 0.1) is 0 Å². The molecule has 0 spiro atoms. The first-order chi connectivity index (χ1) is 14.9. The van der Waals surface area contributed by atoms with E-state index in [1.165, 1.54) is 0 Å². The molecule has 6 nitrogen and oxygen atoms in total. The Bertz CT molecular complexity index is 796. The van der Waals surface area contributed by atoms with Crippen molar-refractivity contribution in [1.29, 1.82) is 0 Å². The summed E-state index contributed by atoms with van der Waals surface area (Å²) in [5.41, 5.74) is -3.63. The number of benzene rings is 1. The first-order valence-corrected chi connectivity index (χ1v) is 10.3. The first-order valence-electron chi connectivity index (χ1n) is 10.3. The molecule has 2 saturated heterocycles. The van der Waals surface area contributed by atoms with Gasteiger partial charge in [0.05, 0.1) is 17.2 Å². The van der Waals surface area contributed by atoms with E-state index in [0.717, 1.165) is 25.8 Å². The van der Waals surface area contributed by atoms with Crippen LogP contribution in [0.5, 0.6) is 0 Å². The molecule has 0 aromatic heterocycles. The van der Waals surface area contributed by atoms with E-state index in [-0.39, 0.29) is 24.1 Å². The number of likely N-dealkylation sites (tertiary alicyclic amines) is 1. The SMILES string of the molecule is O=C(Nc1cc(C(F)(F)F)cc(C(F)(F)F)c1)NC1CCN(C(=O)[C@H]2CCCCN2)CC1. The fourth-order valence-electron chi connectivity index (χ4n) is 3.91. The van der Waals surface area contributed by atoms with Gasteiger partial charge in [0.2, 0.25) is 5.91 Å². The van der Waals surface area contributed by atoms with E-state index in [2.05, 4.69) is 16.0 Å². The maximum absolute atomic E-state index is 13.0. The number of hydrogen-bond donors (Lipinski definition) is 3. The molecule has 178 valence electrons. The van der Waals surface area contributed by atoms with Gasteiger partial charge in [0.1, 0.15) is 0 Å². The van der Waals surface area contributed by atoms with Gasteiger partial charge in [-0.15, -0.1) is 0 Å². The van der Waals surface area contributed by atoms with Crippen LogP contribution in [0.1, 0.15) is 43.2 Å². The van der Waals surface area contributed by atoms with Crippen LogP contribution < -0.4 is 16.0 Å². The third kappa shape index (κ3) is 6.27. The molecule has 3 amide bonds. The molecule has 0 saturated carbocycles. The Hall–Kier alpha value is -2.50. The van der Waals surface area contributed by atoms with Gasteiger partial charge in [0.15, 0.2) is 0 Å². The van der Waals surface area contributed by atoms with Gasteiger partial charge in [-0.1, -0.05) is 6.42 Å². The lowest BCUT2D eigenvalue weighted by Gasteiger charge is -2.35. The van der Waals surface area contributed by atoms with Crippen molar-refractivity contribution in [2.45, 2.75) is 56.5 Å². The Kier molecular flexibility index (Phi) is 7.21. The molecule has 2 heterocycles. The van der Waals surface area contributed by atoms with Gasteiger partial charge in [-0.2, -0.15) is 26.3 Å². The fourth-order valence-corrected chi connectivity index (χ4v) is 3.91. The summed E-state index contributed by atoms with van der Waals surface area (Å²) in [6.07, 6.45) is -6.35. The number of hydrogen-bond acceptors (Lipinski definition) is 3. The van der Waals surface area contributed by atoms with E-state index >= 15 is 0 Å². The third-order valence-electron chi connectivity index (χ3n) is 5.60. The zero-order valence-electron chi connectivity index (χ0n) is 17.1. The van der Waals surface area contributed by atoms with Crippen molar-refractivity contribution in [2.75, 3.05) is 25.0 Å². The van der Waals surface area contributed by atoms with Crippen LogP contribution in [0.2, 0.25) is 0 Å². The first kappa shape index (κ1) is 24.1. The molecule has 3 N–H and O–H groups in total. The van der Waals surface area contributed by atoms with Gasteiger partial charge < -0.3 is 20.9 Å². The number of halogens is 6. The number of carbonyl (C=O) groups excluding carboxylic acids is 2. The second-order valence-electron chi connectivity index (χ2n) is 8.00. The van der Waals surface area contributed by atoms with Crippen LogP contribution in [0.15, 0.2) is 18.2 Å². The van der Waals surface area contributed by atoms with Crippen molar-refractivity contribution >= 4 is 17.6 Å². The van der Waals surface area contributed by atoms with Crippen LogP contribution in [0.3, 0.4) is 0 Å². The Balaban J connectivity index is 1.56. The van der Waals surface area contributed by atoms with E-state index in [1.54, 1.807) is 4.90 Å².